The summed E-state index contributed by atoms with van der Waals surface area (Å²) in [5.41, 5.74) is -2.53. The number of hydrogen-bond acceptors (Lipinski definition) is 5. The van der Waals surface area contributed by atoms with E-state index in [2.05, 4.69) is 4.98 Å². The average molecular weight is 276 g/mol. The Balaban J connectivity index is 2.45. The molecule has 3 N–H and O–H groups in total. The quantitative estimate of drug-likeness (QED) is 0.656. The lowest BCUT2D eigenvalue weighted by atomic mass is 9.99. The normalized spacial score (nSPS) is 35.9. The Kier molecular flexibility index (Phi) is 3.37. The van der Waals surface area contributed by atoms with Gasteiger partial charge in [0.2, 0.25) is 0 Å². The summed E-state index contributed by atoms with van der Waals surface area (Å²) in [6, 6.07) is 1.17. The Hall–Kier alpha value is -1.09. The molecule has 0 amide bonds. The number of nitrogens with one attached hydrogen (secondary N) is 1. The van der Waals surface area contributed by atoms with E-state index in [0.717, 1.165) is 6.92 Å². The van der Waals surface area contributed by atoms with Gasteiger partial charge in [-0.15, -0.1) is 0 Å². The van der Waals surface area contributed by atoms with Crippen LogP contribution >= 0.6 is 12.2 Å². The SMILES string of the molecule is CC1(F)[C@@H](O)[C@@H](CO)O[C@H]1n1ccc(=O)[nH]c1=S. The third kappa shape index (κ3) is 2.01. The van der Waals surface area contributed by atoms with Gasteiger partial charge in [-0.05, 0) is 19.1 Å². The lowest BCUT2D eigenvalue weighted by molar-refractivity contribution is -0.0601. The van der Waals surface area contributed by atoms with Gasteiger partial charge in [0, 0.05) is 12.3 Å². The van der Waals surface area contributed by atoms with E-state index in [-0.39, 0.29) is 4.77 Å². The van der Waals surface area contributed by atoms with Gasteiger partial charge < -0.3 is 14.9 Å². The number of halogens is 1. The molecule has 100 valence electrons. The molecule has 8 heteroatoms. The first-order valence-electron chi connectivity index (χ1n) is 5.32. The molecule has 1 saturated heterocycles. The summed E-state index contributed by atoms with van der Waals surface area (Å²) in [6.45, 7) is 0.652. The monoisotopic (exact) mass is 276 g/mol. The van der Waals surface area contributed by atoms with Crippen molar-refractivity contribution in [3.05, 3.63) is 27.4 Å². The van der Waals surface area contributed by atoms with Crippen LogP contribution in [-0.4, -0.2) is 44.2 Å². The van der Waals surface area contributed by atoms with E-state index in [9.17, 15) is 14.3 Å². The minimum Gasteiger partial charge on any atom is -0.394 e. The van der Waals surface area contributed by atoms with Gasteiger partial charge in [0.25, 0.3) is 5.56 Å². The molecule has 18 heavy (non-hydrogen) atoms. The largest absolute Gasteiger partial charge is 0.394 e. The van der Waals surface area contributed by atoms with Crippen LogP contribution in [0.4, 0.5) is 4.39 Å². The molecule has 0 spiro atoms. The van der Waals surface area contributed by atoms with E-state index in [1.54, 1.807) is 0 Å². The maximum atomic E-state index is 14.4. The fraction of sp³-hybridized carbons (Fsp3) is 0.600. The number of H-pyrrole nitrogens is 1. The smallest absolute Gasteiger partial charge is 0.251 e. The summed E-state index contributed by atoms with van der Waals surface area (Å²) in [7, 11) is 0. The van der Waals surface area contributed by atoms with Gasteiger partial charge in [-0.3, -0.25) is 14.3 Å². The summed E-state index contributed by atoms with van der Waals surface area (Å²) in [6.07, 6.45) is -2.41. The fourth-order valence-corrected chi connectivity index (χ4v) is 2.23. The standard InChI is InChI=1S/C10H13FN2O4S/c1-10(11)7(16)5(4-14)17-8(10)13-3-2-6(15)12-9(13)18/h2-3,5,7-8,14,16H,4H2,1H3,(H,12,15,18)/t5-,7+,8-,10?/m1/s1. The molecule has 2 heterocycles. The van der Waals surface area contributed by atoms with Crippen molar-refractivity contribution in [1.29, 1.82) is 0 Å². The lowest BCUT2D eigenvalue weighted by Crippen LogP contribution is -2.40. The van der Waals surface area contributed by atoms with Crippen molar-refractivity contribution in [3.63, 3.8) is 0 Å². The van der Waals surface area contributed by atoms with Crippen molar-refractivity contribution in [2.75, 3.05) is 6.61 Å². The number of aromatic amines is 1. The maximum Gasteiger partial charge on any atom is 0.251 e. The van der Waals surface area contributed by atoms with Crippen molar-refractivity contribution in [1.82, 2.24) is 9.55 Å². The van der Waals surface area contributed by atoms with Gasteiger partial charge in [0.15, 0.2) is 16.7 Å². The van der Waals surface area contributed by atoms with Gasteiger partial charge in [0.1, 0.15) is 12.2 Å². The second-order valence-electron chi connectivity index (χ2n) is 4.32. The number of alkyl halides is 1. The predicted octanol–water partition coefficient (Wildman–Crippen LogP) is -0.115. The number of aliphatic hydroxyl groups excluding tert-OH is 2. The Morgan fingerprint density at radius 3 is 2.89 bits per heavy atom. The zero-order valence-corrected chi connectivity index (χ0v) is 10.4. The summed E-state index contributed by atoms with van der Waals surface area (Å²) >= 11 is 4.91. The molecule has 6 nitrogen and oxygen atoms in total. The van der Waals surface area contributed by atoms with Crippen LogP contribution in [-0.2, 0) is 4.74 Å². The molecule has 1 aliphatic rings. The molecule has 4 atom stereocenters. The Morgan fingerprint density at radius 1 is 1.72 bits per heavy atom. The van der Waals surface area contributed by atoms with Crippen molar-refractivity contribution in [2.45, 2.75) is 31.0 Å². The van der Waals surface area contributed by atoms with Gasteiger partial charge in [-0.25, -0.2) is 4.39 Å². The first-order chi connectivity index (χ1) is 8.37. The van der Waals surface area contributed by atoms with E-state index >= 15 is 0 Å². The molecular weight excluding hydrogens is 263 g/mol. The topological polar surface area (TPSA) is 87.5 Å². The van der Waals surface area contributed by atoms with Crippen molar-refractivity contribution >= 4 is 12.2 Å². The third-order valence-electron chi connectivity index (χ3n) is 3.00. The zero-order chi connectivity index (χ0) is 13.5. The highest BCUT2D eigenvalue weighted by Gasteiger charge is 2.54. The molecule has 0 aromatic carbocycles. The highest BCUT2D eigenvalue weighted by Crippen LogP contribution is 2.40. The van der Waals surface area contributed by atoms with Crippen LogP contribution < -0.4 is 5.56 Å². The molecule has 1 aromatic heterocycles. The molecule has 1 aliphatic heterocycles. The second kappa shape index (κ2) is 4.54. The summed E-state index contributed by atoms with van der Waals surface area (Å²) in [5, 5.41) is 18.7. The van der Waals surface area contributed by atoms with Crippen LogP contribution in [0, 0.1) is 4.77 Å². The van der Waals surface area contributed by atoms with Gasteiger partial charge in [-0.2, -0.15) is 0 Å². The zero-order valence-electron chi connectivity index (χ0n) is 9.54. The number of aliphatic hydroxyl groups is 2. The van der Waals surface area contributed by atoms with E-state index in [0.29, 0.717) is 0 Å². The number of hydrogen-bond donors (Lipinski definition) is 3. The number of nitrogens with zero attached hydrogens (tertiary/aromatic N) is 1. The molecule has 1 aromatic rings. The number of rotatable bonds is 2. The Labute approximate surface area is 107 Å². The summed E-state index contributed by atoms with van der Waals surface area (Å²) < 4.78 is 20.9. The molecule has 2 rings (SSSR count). The number of aromatic nitrogens is 2. The van der Waals surface area contributed by atoms with Crippen LogP contribution in [0.1, 0.15) is 13.2 Å². The fourth-order valence-electron chi connectivity index (χ4n) is 1.97. The molecule has 1 unspecified atom stereocenters. The second-order valence-corrected chi connectivity index (χ2v) is 4.71. The molecule has 1 fully saturated rings. The third-order valence-corrected chi connectivity index (χ3v) is 3.31. The highest BCUT2D eigenvalue weighted by molar-refractivity contribution is 7.71. The van der Waals surface area contributed by atoms with Crippen LogP contribution in [0.5, 0.6) is 0 Å². The van der Waals surface area contributed by atoms with Crippen molar-refractivity contribution < 1.29 is 19.3 Å². The van der Waals surface area contributed by atoms with Crippen LogP contribution in [0.3, 0.4) is 0 Å². The first kappa shape index (κ1) is 13.3. The van der Waals surface area contributed by atoms with E-state index in [4.69, 9.17) is 22.1 Å². The minimum atomic E-state index is -2.12. The van der Waals surface area contributed by atoms with E-state index in [1.807, 2.05) is 0 Å². The van der Waals surface area contributed by atoms with Gasteiger partial charge in [0.05, 0.1) is 6.61 Å². The van der Waals surface area contributed by atoms with Crippen molar-refractivity contribution in [2.24, 2.45) is 0 Å². The molecule has 0 radical (unpaired) electrons. The summed E-state index contributed by atoms with van der Waals surface area (Å²) in [5.74, 6) is 0. The Bertz CT molecular complexity index is 555. The molecule has 0 saturated carbocycles. The Morgan fingerprint density at radius 2 is 2.39 bits per heavy atom. The average Bonchev–Trinajstić information content (AvgIpc) is 2.52. The highest BCUT2D eigenvalue weighted by atomic mass is 32.1. The number of ether oxygens (including phenoxy) is 1. The molecule has 0 aliphatic carbocycles. The van der Waals surface area contributed by atoms with Gasteiger partial charge >= 0.3 is 0 Å². The summed E-state index contributed by atoms with van der Waals surface area (Å²) in [4.78, 5) is 13.4. The maximum absolute atomic E-state index is 14.4. The molecular formula is C10H13FN2O4S. The predicted molar refractivity (Wildman–Crippen MR) is 62.4 cm³/mol. The van der Waals surface area contributed by atoms with Gasteiger partial charge in [-0.1, -0.05) is 0 Å². The van der Waals surface area contributed by atoms with Crippen molar-refractivity contribution in [3.8, 4) is 0 Å². The van der Waals surface area contributed by atoms with E-state index in [1.165, 1.54) is 16.8 Å². The van der Waals surface area contributed by atoms with Crippen LogP contribution in [0.15, 0.2) is 17.1 Å². The molecule has 0 bridgehead atoms. The van der Waals surface area contributed by atoms with Crippen LogP contribution in [0.2, 0.25) is 0 Å². The van der Waals surface area contributed by atoms with E-state index < -0.39 is 36.3 Å². The lowest BCUT2D eigenvalue weighted by Gasteiger charge is -2.25. The minimum absolute atomic E-state index is 0.0119. The first-order valence-corrected chi connectivity index (χ1v) is 5.73. The van der Waals surface area contributed by atoms with Crippen LogP contribution in [0.25, 0.3) is 0 Å².